The second kappa shape index (κ2) is 9.66. The molecule has 0 spiro atoms. The van der Waals surface area contributed by atoms with Crippen LogP contribution in [0.1, 0.15) is 12.1 Å². The Bertz CT molecular complexity index is 644. The Balaban J connectivity index is 1.93. The summed E-state index contributed by atoms with van der Waals surface area (Å²) in [7, 11) is 1.63. The van der Waals surface area contributed by atoms with E-state index in [0.717, 1.165) is 34.2 Å². The van der Waals surface area contributed by atoms with Gasteiger partial charge in [-0.1, -0.05) is 0 Å². The van der Waals surface area contributed by atoms with Gasteiger partial charge in [-0.3, -0.25) is 4.79 Å². The highest BCUT2D eigenvalue weighted by Gasteiger charge is 2.13. The first-order valence-corrected chi connectivity index (χ1v) is 9.91. The Labute approximate surface area is 150 Å². The van der Waals surface area contributed by atoms with E-state index < -0.39 is 0 Å². The van der Waals surface area contributed by atoms with Crippen LogP contribution in [0.4, 0.5) is 0 Å². The summed E-state index contributed by atoms with van der Waals surface area (Å²) in [6, 6.07) is 7.49. The number of carbonyl (C=O) groups excluding carboxylic acids is 1. The Kier molecular flexibility index (Phi) is 7.55. The number of hydrogen-bond donors (Lipinski definition) is 2. The smallest absolute Gasteiger partial charge is 0.226 e. The Morgan fingerprint density at radius 2 is 2.17 bits per heavy atom. The number of carbonyl (C=O) groups is 1. The van der Waals surface area contributed by atoms with Gasteiger partial charge in [0.05, 0.1) is 31.9 Å². The second-order valence-corrected chi connectivity index (χ2v) is 7.12. The van der Waals surface area contributed by atoms with Crippen LogP contribution >= 0.6 is 23.1 Å². The van der Waals surface area contributed by atoms with E-state index in [-0.39, 0.29) is 25.0 Å². The number of aliphatic hydroxyl groups excluding tert-OH is 1. The molecule has 1 heterocycles. The van der Waals surface area contributed by atoms with Gasteiger partial charge >= 0.3 is 0 Å². The molecule has 0 fully saturated rings. The standard InChI is InChI=1S/C17H22N2O3S2/c1-22-15-5-3-12(4-6-15)17-19-14(11-24-17)9-16(21)18-13(10-20)7-8-23-2/h3-6,11,13,20H,7-10H2,1-2H3,(H,18,21)/t13-/m1/s1. The normalized spacial score (nSPS) is 12.0. The fourth-order valence-electron chi connectivity index (χ4n) is 2.17. The maximum atomic E-state index is 12.1. The summed E-state index contributed by atoms with van der Waals surface area (Å²) in [5.74, 6) is 1.60. The molecule has 130 valence electrons. The molecule has 1 amide bonds. The van der Waals surface area contributed by atoms with Crippen LogP contribution < -0.4 is 10.1 Å². The number of methoxy groups -OCH3 is 1. The van der Waals surface area contributed by atoms with Crippen LogP contribution in [-0.2, 0) is 11.2 Å². The third kappa shape index (κ3) is 5.51. The van der Waals surface area contributed by atoms with E-state index in [1.165, 1.54) is 11.3 Å². The lowest BCUT2D eigenvalue weighted by Crippen LogP contribution is -2.38. The molecule has 2 N–H and O–H groups in total. The van der Waals surface area contributed by atoms with Gasteiger partial charge < -0.3 is 15.2 Å². The van der Waals surface area contributed by atoms with Crippen molar-refractivity contribution in [2.45, 2.75) is 18.9 Å². The molecule has 0 bridgehead atoms. The predicted octanol–water partition coefficient (Wildman–Crippen LogP) is 2.59. The first-order valence-electron chi connectivity index (χ1n) is 7.64. The molecule has 1 aromatic carbocycles. The highest BCUT2D eigenvalue weighted by atomic mass is 32.2. The minimum Gasteiger partial charge on any atom is -0.497 e. The largest absolute Gasteiger partial charge is 0.497 e. The van der Waals surface area contributed by atoms with Gasteiger partial charge in [-0.15, -0.1) is 11.3 Å². The monoisotopic (exact) mass is 366 g/mol. The molecule has 2 aromatic rings. The maximum Gasteiger partial charge on any atom is 0.226 e. The molecule has 24 heavy (non-hydrogen) atoms. The number of ether oxygens (including phenoxy) is 1. The molecule has 0 aliphatic heterocycles. The number of rotatable bonds is 9. The first kappa shape index (κ1) is 18.8. The number of benzene rings is 1. The van der Waals surface area contributed by atoms with E-state index in [1.807, 2.05) is 35.9 Å². The molecule has 5 nitrogen and oxygen atoms in total. The van der Waals surface area contributed by atoms with Crippen LogP contribution in [0.3, 0.4) is 0 Å². The highest BCUT2D eigenvalue weighted by molar-refractivity contribution is 7.98. The molecule has 2 rings (SSSR count). The van der Waals surface area contributed by atoms with Gasteiger partial charge in [-0.25, -0.2) is 4.98 Å². The number of thioether (sulfide) groups is 1. The fourth-order valence-corrected chi connectivity index (χ4v) is 3.51. The lowest BCUT2D eigenvalue weighted by atomic mass is 10.2. The van der Waals surface area contributed by atoms with Crippen molar-refractivity contribution in [3.63, 3.8) is 0 Å². The van der Waals surface area contributed by atoms with Gasteiger partial charge in [0, 0.05) is 10.9 Å². The Hall–Kier alpha value is -1.57. The van der Waals surface area contributed by atoms with Crippen molar-refractivity contribution < 1.29 is 14.6 Å². The Morgan fingerprint density at radius 3 is 2.79 bits per heavy atom. The number of hydrogen-bond acceptors (Lipinski definition) is 6. The molecule has 0 unspecified atom stereocenters. The minimum atomic E-state index is -0.190. The van der Waals surface area contributed by atoms with E-state index in [4.69, 9.17) is 4.74 Å². The van der Waals surface area contributed by atoms with Crippen LogP contribution in [0.2, 0.25) is 0 Å². The van der Waals surface area contributed by atoms with Crippen molar-refractivity contribution >= 4 is 29.0 Å². The number of nitrogens with one attached hydrogen (secondary N) is 1. The van der Waals surface area contributed by atoms with Crippen molar-refractivity contribution in [3.8, 4) is 16.3 Å². The Morgan fingerprint density at radius 1 is 1.42 bits per heavy atom. The molecule has 7 heteroatoms. The van der Waals surface area contributed by atoms with Crippen molar-refractivity contribution in [3.05, 3.63) is 35.3 Å². The van der Waals surface area contributed by atoms with Gasteiger partial charge in [0.15, 0.2) is 0 Å². The lowest BCUT2D eigenvalue weighted by Gasteiger charge is -2.15. The van der Waals surface area contributed by atoms with Crippen molar-refractivity contribution in [1.29, 1.82) is 0 Å². The third-order valence-corrected chi connectivity index (χ3v) is 5.07. The zero-order valence-corrected chi connectivity index (χ0v) is 15.5. The number of thiazole rings is 1. The van der Waals surface area contributed by atoms with E-state index in [9.17, 15) is 9.90 Å². The molecular formula is C17H22N2O3S2. The molecule has 0 aliphatic rings. The molecule has 0 aliphatic carbocycles. The van der Waals surface area contributed by atoms with Crippen molar-refractivity contribution in [2.75, 3.05) is 25.7 Å². The highest BCUT2D eigenvalue weighted by Crippen LogP contribution is 2.25. The topological polar surface area (TPSA) is 71.5 Å². The van der Waals surface area contributed by atoms with Crippen LogP contribution in [-0.4, -0.2) is 47.8 Å². The van der Waals surface area contributed by atoms with Gasteiger partial charge in [0.25, 0.3) is 0 Å². The zero-order valence-electron chi connectivity index (χ0n) is 13.8. The fraction of sp³-hybridized carbons (Fsp3) is 0.412. The minimum absolute atomic E-state index is 0.0412. The van der Waals surface area contributed by atoms with Crippen LogP contribution in [0.25, 0.3) is 10.6 Å². The first-order chi connectivity index (χ1) is 11.7. The number of amides is 1. The van der Waals surface area contributed by atoms with Gasteiger partial charge in [0.2, 0.25) is 5.91 Å². The molecule has 0 radical (unpaired) electrons. The molecule has 1 atom stereocenters. The summed E-state index contributed by atoms with van der Waals surface area (Å²) in [6.07, 6.45) is 2.99. The summed E-state index contributed by atoms with van der Waals surface area (Å²) >= 11 is 3.21. The summed E-state index contributed by atoms with van der Waals surface area (Å²) in [4.78, 5) is 16.6. The van der Waals surface area contributed by atoms with Crippen LogP contribution in [0, 0.1) is 0 Å². The van der Waals surface area contributed by atoms with Crippen LogP contribution in [0.15, 0.2) is 29.6 Å². The maximum absolute atomic E-state index is 12.1. The number of aliphatic hydroxyl groups is 1. The van der Waals surface area contributed by atoms with E-state index in [1.54, 1.807) is 18.9 Å². The molecular weight excluding hydrogens is 344 g/mol. The average Bonchev–Trinajstić information content (AvgIpc) is 3.07. The second-order valence-electron chi connectivity index (χ2n) is 5.28. The molecule has 0 saturated carbocycles. The van der Waals surface area contributed by atoms with Crippen molar-refractivity contribution in [2.24, 2.45) is 0 Å². The van der Waals surface area contributed by atoms with Gasteiger partial charge in [-0.05, 0) is 42.7 Å². The van der Waals surface area contributed by atoms with Crippen molar-refractivity contribution in [1.82, 2.24) is 10.3 Å². The van der Waals surface area contributed by atoms with E-state index >= 15 is 0 Å². The lowest BCUT2D eigenvalue weighted by molar-refractivity contribution is -0.121. The number of nitrogens with zero attached hydrogens (tertiary/aromatic N) is 1. The van der Waals surface area contributed by atoms with Gasteiger partial charge in [0.1, 0.15) is 10.8 Å². The van der Waals surface area contributed by atoms with E-state index in [2.05, 4.69) is 10.3 Å². The molecule has 1 aromatic heterocycles. The summed E-state index contributed by atoms with van der Waals surface area (Å²) < 4.78 is 5.15. The summed E-state index contributed by atoms with van der Waals surface area (Å²) in [5.41, 5.74) is 1.74. The molecule has 0 saturated heterocycles. The zero-order chi connectivity index (χ0) is 17.4. The quantitative estimate of drug-likeness (QED) is 0.714. The number of aromatic nitrogens is 1. The third-order valence-electron chi connectivity index (χ3n) is 3.49. The average molecular weight is 367 g/mol. The predicted molar refractivity (Wildman–Crippen MR) is 99.8 cm³/mol. The van der Waals surface area contributed by atoms with E-state index in [0.29, 0.717) is 0 Å². The SMILES string of the molecule is COc1ccc(-c2nc(CC(=O)N[C@@H](CO)CCSC)cs2)cc1. The van der Waals surface area contributed by atoms with Crippen LogP contribution in [0.5, 0.6) is 5.75 Å². The van der Waals surface area contributed by atoms with Gasteiger partial charge in [-0.2, -0.15) is 11.8 Å². The summed E-state index contributed by atoms with van der Waals surface area (Å²) in [6.45, 7) is -0.0412. The summed E-state index contributed by atoms with van der Waals surface area (Å²) in [5, 5.41) is 14.9.